The molecule has 0 aliphatic carbocycles. The number of hydrogen-bond acceptors (Lipinski definition) is 11. The number of carbonyl (C=O) groups is 2. The van der Waals surface area contributed by atoms with E-state index in [0.29, 0.717) is 24.0 Å². The highest BCUT2D eigenvalue weighted by Gasteiger charge is 2.26. The molecule has 0 spiro atoms. The molecule has 12 rings (SSSR count). The number of H-pyrrole nitrogens is 3. The molecule has 0 bridgehead atoms. The first-order valence-electron chi connectivity index (χ1n) is 44.6. The zero-order valence-electron chi connectivity index (χ0n) is 75.6. The van der Waals surface area contributed by atoms with Crippen LogP contribution in [-0.4, -0.2) is 116 Å². The number of amides is 2. The minimum absolute atomic E-state index is 0.00692. The van der Waals surface area contributed by atoms with Crippen LogP contribution in [0.25, 0.3) is 56.1 Å². The second-order valence-corrected chi connectivity index (χ2v) is 33.4. The fourth-order valence-corrected chi connectivity index (χ4v) is 16.0. The first kappa shape index (κ1) is 92.1. The first-order chi connectivity index (χ1) is 56.9. The van der Waals surface area contributed by atoms with Crippen LogP contribution in [0, 0.1) is 76.2 Å². The number of ether oxygens (including phenoxy) is 4. The molecule has 4 aromatic carbocycles. The summed E-state index contributed by atoms with van der Waals surface area (Å²) in [6.07, 6.45) is 37.6. The molecule has 2 atom stereocenters. The van der Waals surface area contributed by atoms with Gasteiger partial charge in [0, 0.05) is 70.8 Å². The Bertz CT molecular complexity index is 5110. The van der Waals surface area contributed by atoms with Crippen LogP contribution >= 0.6 is 0 Å². The maximum atomic E-state index is 13.3. The standard InChI is InChI=1S/C36H59N5O2.C24H42N4O.C22H23N3O3.C15H19N3/c1-6-7-8-9-10-11-12-13-14-15-16-17-18-19-20-21-22-33(43-32-25-23-28(2)24-26-32)36(42)37-27-29(3)34-38-35-30(4)31(5)39-41(35)40-34;1-6-7-8-9-10-11-12-13-14-15-16-17-18-25-23(29)22-21(4)28-24(27(22)5)19(2)20(3)26-28;1-13-20(16-8-6-7-9-17(16)26-3)24-25-14(2)21(23-22(13)25)15-10-11-18(27-4)19(12-15)28-5;1-8(2)14-11(5)15-16-12-6-9(3)10(4)7-13(12)18(15)17-14/h23-26,29,33,39H,6-22,27H2,1-5H3,(H,37,42);6-18H2,1-5H3,(H,25,29);6-12,24H,1-5H3;6-8,17H,1-5H3. The lowest BCUT2D eigenvalue weighted by Crippen LogP contribution is -2.40. The van der Waals surface area contributed by atoms with Crippen molar-refractivity contribution in [1.82, 2.24) is 73.8 Å². The number of hydrogen-bond donors (Lipinski definition) is 5. The van der Waals surface area contributed by atoms with Crippen LogP contribution < -0.4 is 29.6 Å². The molecule has 8 heterocycles. The molecule has 5 N–H and O–H groups in total. The topological polar surface area (TPSA) is 230 Å². The number of rotatable bonds is 43. The Hall–Kier alpha value is -9.79. The van der Waals surface area contributed by atoms with Crippen molar-refractivity contribution in [3.63, 3.8) is 0 Å². The molecule has 0 saturated heterocycles. The number of fused-ring (bicyclic) bond motifs is 6. The lowest BCUT2D eigenvalue weighted by Gasteiger charge is -2.20. The maximum absolute atomic E-state index is 13.3. The summed E-state index contributed by atoms with van der Waals surface area (Å²) in [5.41, 5.74) is 24.3. The number of aryl methyl sites for hydroxylation is 12. The van der Waals surface area contributed by atoms with Gasteiger partial charge in [0.2, 0.25) is 0 Å². The van der Waals surface area contributed by atoms with Crippen molar-refractivity contribution >= 4 is 45.4 Å². The summed E-state index contributed by atoms with van der Waals surface area (Å²) in [6, 6.07) is 26.1. The lowest BCUT2D eigenvalue weighted by atomic mass is 10.0. The van der Waals surface area contributed by atoms with Crippen LogP contribution in [0.2, 0.25) is 0 Å². The van der Waals surface area contributed by atoms with Gasteiger partial charge in [0.15, 0.2) is 40.4 Å². The number of para-hydroxylation sites is 1. The van der Waals surface area contributed by atoms with Crippen molar-refractivity contribution < 1.29 is 28.5 Å². The molecule has 642 valence electrons. The van der Waals surface area contributed by atoms with Gasteiger partial charge in [0.1, 0.15) is 22.8 Å². The zero-order chi connectivity index (χ0) is 85.0. The van der Waals surface area contributed by atoms with Gasteiger partial charge < -0.3 is 34.1 Å². The third kappa shape index (κ3) is 24.2. The molecule has 12 aromatic rings. The van der Waals surface area contributed by atoms with Crippen LogP contribution in [0.15, 0.2) is 78.9 Å². The van der Waals surface area contributed by atoms with Gasteiger partial charge in [-0.05, 0) is 167 Å². The van der Waals surface area contributed by atoms with Crippen LogP contribution in [0.5, 0.6) is 23.0 Å². The van der Waals surface area contributed by atoms with Crippen molar-refractivity contribution in [2.24, 2.45) is 7.05 Å². The van der Waals surface area contributed by atoms with Gasteiger partial charge in [-0.1, -0.05) is 231 Å². The number of carbonyl (C=O) groups excluding carboxylic acids is 2. The Kier molecular flexibility index (Phi) is 35.9. The smallest absolute Gasteiger partial charge is 0.269 e. The molecule has 0 fully saturated rings. The fourth-order valence-electron chi connectivity index (χ4n) is 16.0. The molecular weight excluding hydrogens is 1470 g/mol. The minimum Gasteiger partial charge on any atom is -0.496 e. The van der Waals surface area contributed by atoms with E-state index in [9.17, 15) is 9.59 Å². The lowest BCUT2D eigenvalue weighted by molar-refractivity contribution is -0.128. The van der Waals surface area contributed by atoms with Crippen LogP contribution in [-0.2, 0) is 11.8 Å². The number of aromatic nitrogens is 13. The molecule has 0 saturated carbocycles. The van der Waals surface area contributed by atoms with Crippen LogP contribution in [0.1, 0.15) is 316 Å². The summed E-state index contributed by atoms with van der Waals surface area (Å²) in [6.45, 7) is 34.9. The normalized spacial score (nSPS) is 12.0. The molecule has 21 nitrogen and oxygen atoms in total. The number of nitrogens with zero attached hydrogens (tertiary/aromatic N) is 10. The Balaban J connectivity index is 0.000000187. The summed E-state index contributed by atoms with van der Waals surface area (Å²) >= 11 is 0. The molecular formula is C97H143N15O6. The number of nitrogens with one attached hydrogen (secondary N) is 5. The monoisotopic (exact) mass is 1610 g/mol. The zero-order valence-corrected chi connectivity index (χ0v) is 75.6. The van der Waals surface area contributed by atoms with Gasteiger partial charge in [-0.25, -0.2) is 28.5 Å². The third-order valence-electron chi connectivity index (χ3n) is 23.8. The molecule has 0 aliphatic heterocycles. The van der Waals surface area contributed by atoms with Gasteiger partial charge in [-0.2, -0.15) is 9.73 Å². The van der Waals surface area contributed by atoms with E-state index in [2.05, 4.69) is 122 Å². The molecule has 118 heavy (non-hydrogen) atoms. The second kappa shape index (κ2) is 46.0. The van der Waals surface area contributed by atoms with Crippen molar-refractivity contribution in [2.75, 3.05) is 34.4 Å². The van der Waals surface area contributed by atoms with Crippen molar-refractivity contribution in [3.05, 3.63) is 158 Å². The number of benzene rings is 4. The first-order valence-corrected chi connectivity index (χ1v) is 44.6. The maximum Gasteiger partial charge on any atom is 0.269 e. The second-order valence-electron chi connectivity index (χ2n) is 33.4. The van der Waals surface area contributed by atoms with E-state index in [0.717, 1.165) is 145 Å². The van der Waals surface area contributed by atoms with Gasteiger partial charge in [0.25, 0.3) is 11.8 Å². The molecule has 2 unspecified atom stereocenters. The quantitative estimate of drug-likeness (QED) is 0.0226. The predicted octanol–water partition coefficient (Wildman–Crippen LogP) is 23.8. The fraction of sp³-hybridized carbons (Fsp3) is 0.557. The summed E-state index contributed by atoms with van der Waals surface area (Å²) < 4.78 is 32.2. The van der Waals surface area contributed by atoms with E-state index in [1.165, 1.54) is 194 Å². The average Bonchev–Trinajstić information content (AvgIpc) is 1.62. The Labute approximate surface area is 703 Å². The van der Waals surface area contributed by atoms with Crippen molar-refractivity contribution in [3.8, 4) is 45.5 Å². The number of methoxy groups -OCH3 is 3. The summed E-state index contributed by atoms with van der Waals surface area (Å²) in [5, 5.41) is 25.5. The molecule has 0 radical (unpaired) electrons. The molecule has 2 amide bonds. The predicted molar refractivity (Wildman–Crippen MR) is 485 cm³/mol. The van der Waals surface area contributed by atoms with Gasteiger partial charge >= 0.3 is 0 Å². The molecule has 0 aliphatic rings. The summed E-state index contributed by atoms with van der Waals surface area (Å²) in [7, 11) is 6.90. The van der Waals surface area contributed by atoms with Gasteiger partial charge in [-0.3, -0.25) is 24.9 Å². The number of unbranched alkanes of at least 4 members (excludes halogenated alkanes) is 26. The Morgan fingerprint density at radius 2 is 1.07 bits per heavy atom. The Morgan fingerprint density at radius 3 is 1.63 bits per heavy atom. The summed E-state index contributed by atoms with van der Waals surface area (Å²) in [4.78, 5) is 40.3. The van der Waals surface area contributed by atoms with Crippen molar-refractivity contribution in [1.29, 1.82) is 0 Å². The van der Waals surface area contributed by atoms with E-state index in [1.807, 2.05) is 129 Å². The largest absolute Gasteiger partial charge is 0.496 e. The molecule has 8 aromatic heterocycles. The number of aromatic amines is 3. The third-order valence-corrected chi connectivity index (χ3v) is 23.8. The highest BCUT2D eigenvalue weighted by molar-refractivity contribution is 5.95. The Morgan fingerprint density at radius 1 is 0.508 bits per heavy atom. The van der Waals surface area contributed by atoms with Crippen molar-refractivity contribution in [2.45, 2.75) is 315 Å². The van der Waals surface area contributed by atoms with E-state index >= 15 is 0 Å². The van der Waals surface area contributed by atoms with E-state index < -0.39 is 6.10 Å². The number of imidazole rings is 3. The highest BCUT2D eigenvalue weighted by atomic mass is 16.5. The summed E-state index contributed by atoms with van der Waals surface area (Å²) in [5.74, 6) is 4.11. The van der Waals surface area contributed by atoms with Crippen LogP contribution in [0.3, 0.4) is 0 Å². The van der Waals surface area contributed by atoms with E-state index in [4.69, 9.17) is 33.9 Å². The van der Waals surface area contributed by atoms with Crippen LogP contribution in [0.4, 0.5) is 0 Å². The highest BCUT2D eigenvalue weighted by Crippen LogP contribution is 2.38. The molecule has 21 heteroatoms. The minimum atomic E-state index is -0.504. The van der Waals surface area contributed by atoms with Gasteiger partial charge in [-0.15, -0.1) is 5.10 Å². The SMILES string of the molecule is CCCCCCCCCCCCCCCCCCC(Oc1ccc(C)cc1)C(=O)NCC(C)c1nc2c(C)c(C)[nH]n2n1.CCCCCCCCCCCCCCNC(=O)c1c(C)n2nc(C)c(C)c2n1C.COc1ccc(-c2nc3c(C)c(-c4ccccc4OC)[nH]n3c2C)cc1OC.Cc1cc2nc3c(C)c(C(C)C)[nH]n3c2cc1C. The van der Waals surface area contributed by atoms with E-state index in [1.54, 1.807) is 26.0 Å². The van der Waals surface area contributed by atoms with E-state index in [-0.39, 0.29) is 17.7 Å². The van der Waals surface area contributed by atoms with Gasteiger partial charge in [0.05, 0.1) is 60.8 Å². The average molecular weight is 1620 g/mol.